The minimum absolute atomic E-state index is 0.0528. The van der Waals surface area contributed by atoms with Crippen molar-refractivity contribution in [3.63, 3.8) is 0 Å². The number of amides is 1. The zero-order valence-corrected chi connectivity index (χ0v) is 11.8. The quantitative estimate of drug-likeness (QED) is 0.665. The Hall–Kier alpha value is -0.610. The SMILES string of the molecule is CCC(O)CN(CCCN(CC)CC)C(C)=O. The van der Waals surface area contributed by atoms with Crippen LogP contribution in [0.2, 0.25) is 0 Å². The molecule has 0 saturated heterocycles. The summed E-state index contributed by atoms with van der Waals surface area (Å²) in [6, 6.07) is 0. The lowest BCUT2D eigenvalue weighted by molar-refractivity contribution is -0.130. The lowest BCUT2D eigenvalue weighted by atomic mass is 10.2. The molecule has 0 heterocycles. The number of hydrogen-bond donors (Lipinski definition) is 1. The van der Waals surface area contributed by atoms with Crippen molar-refractivity contribution in [1.82, 2.24) is 9.80 Å². The van der Waals surface area contributed by atoms with Crippen molar-refractivity contribution in [2.24, 2.45) is 0 Å². The van der Waals surface area contributed by atoms with E-state index in [1.54, 1.807) is 11.8 Å². The largest absolute Gasteiger partial charge is 0.391 e. The fourth-order valence-electron chi connectivity index (χ4n) is 1.79. The van der Waals surface area contributed by atoms with Crippen molar-refractivity contribution in [2.75, 3.05) is 32.7 Å². The van der Waals surface area contributed by atoms with Crippen LogP contribution in [0.1, 0.15) is 40.5 Å². The zero-order valence-electron chi connectivity index (χ0n) is 11.8. The van der Waals surface area contributed by atoms with Crippen molar-refractivity contribution < 1.29 is 9.90 Å². The van der Waals surface area contributed by atoms with Crippen molar-refractivity contribution >= 4 is 5.91 Å². The Kier molecular flexibility index (Phi) is 9.09. The summed E-state index contributed by atoms with van der Waals surface area (Å²) in [5, 5.41) is 9.57. The number of aliphatic hydroxyl groups excluding tert-OH is 1. The van der Waals surface area contributed by atoms with Gasteiger partial charge in [-0.05, 0) is 32.5 Å². The molecule has 0 aromatic carbocycles. The van der Waals surface area contributed by atoms with Crippen LogP contribution in [0.3, 0.4) is 0 Å². The third-order valence-corrected chi connectivity index (χ3v) is 3.14. The van der Waals surface area contributed by atoms with Crippen LogP contribution in [0.5, 0.6) is 0 Å². The average Bonchev–Trinajstić information content (AvgIpc) is 2.32. The van der Waals surface area contributed by atoms with Gasteiger partial charge in [-0.1, -0.05) is 20.8 Å². The molecule has 1 N–H and O–H groups in total. The molecule has 1 atom stereocenters. The summed E-state index contributed by atoms with van der Waals surface area (Å²) in [5.74, 6) is 0.0528. The van der Waals surface area contributed by atoms with Gasteiger partial charge in [-0.3, -0.25) is 4.79 Å². The molecule has 0 spiro atoms. The minimum atomic E-state index is -0.396. The van der Waals surface area contributed by atoms with Gasteiger partial charge >= 0.3 is 0 Å². The summed E-state index contributed by atoms with van der Waals surface area (Å²) in [7, 11) is 0. The maximum atomic E-state index is 11.4. The van der Waals surface area contributed by atoms with Gasteiger partial charge in [0.25, 0.3) is 0 Å². The highest BCUT2D eigenvalue weighted by molar-refractivity contribution is 5.73. The Morgan fingerprint density at radius 3 is 2.18 bits per heavy atom. The number of rotatable bonds is 9. The third kappa shape index (κ3) is 7.34. The zero-order chi connectivity index (χ0) is 13.3. The van der Waals surface area contributed by atoms with E-state index < -0.39 is 6.10 Å². The van der Waals surface area contributed by atoms with Gasteiger partial charge in [0.05, 0.1) is 6.10 Å². The van der Waals surface area contributed by atoms with Crippen molar-refractivity contribution in [3.8, 4) is 0 Å². The van der Waals surface area contributed by atoms with E-state index >= 15 is 0 Å². The highest BCUT2D eigenvalue weighted by Gasteiger charge is 2.12. The molecule has 0 aromatic rings. The molecule has 17 heavy (non-hydrogen) atoms. The molecule has 0 bridgehead atoms. The first kappa shape index (κ1) is 16.4. The second kappa shape index (κ2) is 9.42. The van der Waals surface area contributed by atoms with E-state index in [-0.39, 0.29) is 5.91 Å². The second-order valence-corrected chi connectivity index (χ2v) is 4.41. The number of aliphatic hydroxyl groups is 1. The number of nitrogens with zero attached hydrogens (tertiary/aromatic N) is 2. The van der Waals surface area contributed by atoms with Crippen LogP contribution in [0.15, 0.2) is 0 Å². The molecule has 0 aromatic heterocycles. The van der Waals surface area contributed by atoms with Gasteiger partial charge in [-0.25, -0.2) is 0 Å². The molecule has 1 unspecified atom stereocenters. The van der Waals surface area contributed by atoms with Gasteiger partial charge < -0.3 is 14.9 Å². The Bertz CT molecular complexity index is 206. The highest BCUT2D eigenvalue weighted by Crippen LogP contribution is 2.00. The summed E-state index contributed by atoms with van der Waals surface area (Å²) >= 11 is 0. The lowest BCUT2D eigenvalue weighted by Gasteiger charge is -2.25. The molecule has 4 heteroatoms. The Morgan fingerprint density at radius 2 is 1.76 bits per heavy atom. The normalized spacial score (nSPS) is 12.8. The van der Waals surface area contributed by atoms with E-state index in [1.165, 1.54) is 0 Å². The predicted molar refractivity (Wildman–Crippen MR) is 71.0 cm³/mol. The molecule has 1 amide bonds. The predicted octanol–water partition coefficient (Wildman–Crippen LogP) is 1.34. The van der Waals surface area contributed by atoms with Gasteiger partial charge in [0.2, 0.25) is 5.91 Å². The van der Waals surface area contributed by atoms with E-state index in [4.69, 9.17) is 0 Å². The maximum Gasteiger partial charge on any atom is 0.219 e. The molecule has 0 saturated carbocycles. The van der Waals surface area contributed by atoms with Gasteiger partial charge in [-0.2, -0.15) is 0 Å². The van der Waals surface area contributed by atoms with Gasteiger partial charge in [-0.15, -0.1) is 0 Å². The van der Waals surface area contributed by atoms with E-state index in [2.05, 4.69) is 18.7 Å². The summed E-state index contributed by atoms with van der Waals surface area (Å²) in [6.07, 6.45) is 1.27. The van der Waals surface area contributed by atoms with Crippen molar-refractivity contribution in [3.05, 3.63) is 0 Å². The van der Waals surface area contributed by atoms with Crippen molar-refractivity contribution in [1.29, 1.82) is 0 Å². The van der Waals surface area contributed by atoms with Gasteiger partial charge in [0, 0.05) is 20.0 Å². The summed E-state index contributed by atoms with van der Waals surface area (Å²) in [4.78, 5) is 15.5. The van der Waals surface area contributed by atoms with Crippen molar-refractivity contribution in [2.45, 2.75) is 46.6 Å². The monoisotopic (exact) mass is 244 g/mol. The van der Waals surface area contributed by atoms with E-state index in [9.17, 15) is 9.90 Å². The van der Waals surface area contributed by atoms with Crippen LogP contribution in [0, 0.1) is 0 Å². The number of carbonyl (C=O) groups is 1. The molecule has 0 radical (unpaired) electrons. The fourth-order valence-corrected chi connectivity index (χ4v) is 1.79. The first-order valence-corrected chi connectivity index (χ1v) is 6.70. The van der Waals surface area contributed by atoms with Crippen LogP contribution in [-0.4, -0.2) is 59.6 Å². The van der Waals surface area contributed by atoms with Gasteiger partial charge in [0.15, 0.2) is 0 Å². The molecular weight excluding hydrogens is 216 g/mol. The van der Waals surface area contributed by atoms with Gasteiger partial charge in [0.1, 0.15) is 0 Å². The van der Waals surface area contributed by atoms with E-state index in [0.29, 0.717) is 13.0 Å². The average molecular weight is 244 g/mol. The Morgan fingerprint density at radius 1 is 1.18 bits per heavy atom. The molecule has 4 nitrogen and oxygen atoms in total. The fraction of sp³-hybridized carbons (Fsp3) is 0.923. The standard InChI is InChI=1S/C13H28N2O2/c1-5-13(17)11-15(12(4)16)10-8-9-14(6-2)7-3/h13,17H,5-11H2,1-4H3. The van der Waals surface area contributed by atoms with E-state index in [1.807, 2.05) is 6.92 Å². The molecule has 0 aliphatic rings. The van der Waals surface area contributed by atoms with Crippen LogP contribution in [0.25, 0.3) is 0 Å². The van der Waals surface area contributed by atoms with Crippen LogP contribution < -0.4 is 0 Å². The molecule has 102 valence electrons. The number of carbonyl (C=O) groups excluding carboxylic acids is 1. The van der Waals surface area contributed by atoms with Crippen LogP contribution >= 0.6 is 0 Å². The van der Waals surface area contributed by atoms with Crippen LogP contribution in [-0.2, 0) is 4.79 Å². The topological polar surface area (TPSA) is 43.8 Å². The maximum absolute atomic E-state index is 11.4. The molecule has 0 aliphatic carbocycles. The van der Waals surface area contributed by atoms with Crippen LogP contribution in [0.4, 0.5) is 0 Å². The van der Waals surface area contributed by atoms with E-state index in [0.717, 1.165) is 32.6 Å². The summed E-state index contributed by atoms with van der Waals surface area (Å²) in [6.45, 7) is 12.1. The summed E-state index contributed by atoms with van der Waals surface area (Å²) < 4.78 is 0. The Labute approximate surface area is 106 Å². The number of hydrogen-bond acceptors (Lipinski definition) is 3. The highest BCUT2D eigenvalue weighted by atomic mass is 16.3. The first-order chi connectivity index (χ1) is 8.04. The molecular formula is C13H28N2O2. The second-order valence-electron chi connectivity index (χ2n) is 4.41. The third-order valence-electron chi connectivity index (χ3n) is 3.14. The molecule has 0 aliphatic heterocycles. The summed E-state index contributed by atoms with van der Waals surface area (Å²) in [5.41, 5.74) is 0. The molecule has 0 rings (SSSR count). The first-order valence-electron chi connectivity index (χ1n) is 6.70. The minimum Gasteiger partial charge on any atom is -0.391 e. The molecule has 0 fully saturated rings. The Balaban J connectivity index is 3.97. The smallest absolute Gasteiger partial charge is 0.219 e. The lowest BCUT2D eigenvalue weighted by Crippen LogP contribution is -2.38.